The maximum absolute atomic E-state index is 12.9. The topological polar surface area (TPSA) is 66.4 Å². The molecule has 0 saturated heterocycles. The third-order valence-corrected chi connectivity index (χ3v) is 5.93. The van der Waals surface area contributed by atoms with E-state index in [1.807, 2.05) is 12.2 Å². The number of carboxylic acids is 1. The van der Waals surface area contributed by atoms with Gasteiger partial charge in [-0.15, -0.1) is 6.58 Å². The van der Waals surface area contributed by atoms with Crippen LogP contribution < -0.4 is 5.32 Å². The summed E-state index contributed by atoms with van der Waals surface area (Å²) in [6.07, 6.45) is 11.8. The Balaban J connectivity index is 2.08. The Morgan fingerprint density at radius 3 is 2.79 bits per heavy atom. The van der Waals surface area contributed by atoms with Crippen molar-refractivity contribution in [3.63, 3.8) is 0 Å². The van der Waals surface area contributed by atoms with E-state index >= 15 is 0 Å². The van der Waals surface area contributed by atoms with Crippen LogP contribution in [0, 0.1) is 29.1 Å². The Bertz CT molecular complexity index is 513. The fourth-order valence-electron chi connectivity index (χ4n) is 4.57. The molecule has 0 heterocycles. The van der Waals surface area contributed by atoms with E-state index < -0.39 is 17.8 Å². The molecule has 5 unspecified atom stereocenters. The second-order valence-electron chi connectivity index (χ2n) is 7.46. The van der Waals surface area contributed by atoms with Crippen LogP contribution in [0.2, 0.25) is 0 Å². The van der Waals surface area contributed by atoms with Crippen molar-refractivity contribution in [1.29, 1.82) is 0 Å². The lowest BCUT2D eigenvalue weighted by Crippen LogP contribution is -2.45. The van der Waals surface area contributed by atoms with Crippen molar-refractivity contribution in [2.75, 3.05) is 6.54 Å². The first-order chi connectivity index (χ1) is 11.5. The van der Waals surface area contributed by atoms with E-state index in [9.17, 15) is 14.7 Å². The predicted octanol–water partition coefficient (Wildman–Crippen LogP) is 3.79. The molecule has 0 spiro atoms. The summed E-state index contributed by atoms with van der Waals surface area (Å²) in [5, 5.41) is 12.7. The minimum absolute atomic E-state index is 0.0275. The number of nitrogens with one attached hydrogen (secondary N) is 1. The number of unbranched alkanes of at least 4 members (excludes halogenated alkanes) is 1. The van der Waals surface area contributed by atoms with Gasteiger partial charge in [-0.3, -0.25) is 9.59 Å². The van der Waals surface area contributed by atoms with Crippen LogP contribution in [-0.4, -0.2) is 23.5 Å². The van der Waals surface area contributed by atoms with Crippen LogP contribution in [0.15, 0.2) is 24.8 Å². The smallest absolute Gasteiger partial charge is 0.307 e. The Morgan fingerprint density at radius 1 is 1.46 bits per heavy atom. The SMILES string of the molecule is C=CCC12C=CC(C1)C(C(=O)O)C2C(=O)NCC(CC)CCCC. The Labute approximate surface area is 145 Å². The van der Waals surface area contributed by atoms with Crippen LogP contribution in [0.1, 0.15) is 52.4 Å². The van der Waals surface area contributed by atoms with Gasteiger partial charge in [0.2, 0.25) is 5.91 Å². The Morgan fingerprint density at radius 2 is 2.21 bits per heavy atom. The van der Waals surface area contributed by atoms with E-state index in [1.54, 1.807) is 0 Å². The molecular formula is C20H31NO3. The zero-order valence-electron chi connectivity index (χ0n) is 15.0. The lowest BCUT2D eigenvalue weighted by Gasteiger charge is -2.33. The van der Waals surface area contributed by atoms with Gasteiger partial charge in [0.1, 0.15) is 0 Å². The highest BCUT2D eigenvalue weighted by atomic mass is 16.4. The number of allylic oxidation sites excluding steroid dienone is 3. The molecule has 0 aliphatic heterocycles. The fraction of sp³-hybridized carbons (Fsp3) is 0.700. The number of fused-ring (bicyclic) bond motifs is 2. The summed E-state index contributed by atoms with van der Waals surface area (Å²) in [6.45, 7) is 8.77. The molecule has 5 atom stereocenters. The molecule has 24 heavy (non-hydrogen) atoms. The van der Waals surface area contributed by atoms with Crippen molar-refractivity contribution in [2.45, 2.75) is 52.4 Å². The number of carbonyl (C=O) groups excluding carboxylic acids is 1. The number of carbonyl (C=O) groups is 2. The van der Waals surface area contributed by atoms with Crippen LogP contribution >= 0.6 is 0 Å². The molecule has 0 aromatic carbocycles. The third kappa shape index (κ3) is 3.57. The van der Waals surface area contributed by atoms with Crippen molar-refractivity contribution >= 4 is 11.9 Å². The summed E-state index contributed by atoms with van der Waals surface area (Å²) >= 11 is 0. The summed E-state index contributed by atoms with van der Waals surface area (Å²) in [4.78, 5) is 24.6. The molecule has 4 heteroatoms. The minimum Gasteiger partial charge on any atom is -0.481 e. The standard InChI is InChI=1S/C20H31NO3/c1-4-7-8-14(6-3)13-21-18(22)17-16(19(23)24)15-9-11-20(17,12-15)10-5-2/h5,9,11,14-17H,2,4,6-8,10,12-13H2,1,3H3,(H,21,22)(H,23,24). The molecule has 2 aliphatic rings. The van der Waals surface area contributed by atoms with E-state index in [2.05, 4.69) is 31.8 Å². The van der Waals surface area contributed by atoms with Crippen LogP contribution in [-0.2, 0) is 9.59 Å². The normalized spacial score (nSPS) is 31.8. The molecular weight excluding hydrogens is 302 g/mol. The van der Waals surface area contributed by atoms with Gasteiger partial charge in [0.05, 0.1) is 11.8 Å². The highest BCUT2D eigenvalue weighted by molar-refractivity contribution is 5.87. The predicted molar refractivity (Wildman–Crippen MR) is 95.4 cm³/mol. The summed E-state index contributed by atoms with van der Waals surface area (Å²) in [5.74, 6) is -1.58. The first kappa shape index (κ1) is 18.8. The van der Waals surface area contributed by atoms with E-state index in [4.69, 9.17) is 0 Å². The molecule has 0 aromatic rings. The van der Waals surface area contributed by atoms with E-state index in [0.717, 1.165) is 25.7 Å². The van der Waals surface area contributed by atoms with Crippen molar-refractivity contribution in [3.05, 3.63) is 24.8 Å². The largest absolute Gasteiger partial charge is 0.481 e. The number of amides is 1. The van der Waals surface area contributed by atoms with E-state index in [0.29, 0.717) is 18.9 Å². The molecule has 2 N–H and O–H groups in total. The number of rotatable bonds is 10. The monoisotopic (exact) mass is 333 g/mol. The first-order valence-electron chi connectivity index (χ1n) is 9.29. The lowest BCUT2D eigenvalue weighted by atomic mass is 9.71. The number of aliphatic carboxylic acids is 1. The molecule has 1 saturated carbocycles. The fourth-order valence-corrected chi connectivity index (χ4v) is 4.57. The van der Waals surface area contributed by atoms with Crippen LogP contribution in [0.4, 0.5) is 0 Å². The minimum atomic E-state index is -0.853. The van der Waals surface area contributed by atoms with Gasteiger partial charge in [-0.1, -0.05) is 51.3 Å². The molecule has 0 aromatic heterocycles. The summed E-state index contributed by atoms with van der Waals surface area (Å²) in [5.41, 5.74) is -0.356. The number of hydrogen-bond acceptors (Lipinski definition) is 2. The molecule has 134 valence electrons. The maximum Gasteiger partial charge on any atom is 0.307 e. The zero-order valence-corrected chi connectivity index (χ0v) is 15.0. The van der Waals surface area contributed by atoms with Crippen LogP contribution in [0.5, 0.6) is 0 Å². The van der Waals surface area contributed by atoms with Gasteiger partial charge in [-0.2, -0.15) is 0 Å². The summed E-state index contributed by atoms with van der Waals surface area (Å²) in [6, 6.07) is 0. The van der Waals surface area contributed by atoms with E-state index in [-0.39, 0.29) is 17.2 Å². The summed E-state index contributed by atoms with van der Waals surface area (Å²) in [7, 11) is 0. The molecule has 1 amide bonds. The Hall–Kier alpha value is -1.58. The second kappa shape index (κ2) is 8.00. The summed E-state index contributed by atoms with van der Waals surface area (Å²) < 4.78 is 0. The quantitative estimate of drug-likeness (QED) is 0.598. The third-order valence-electron chi connectivity index (χ3n) is 5.93. The van der Waals surface area contributed by atoms with Gasteiger partial charge >= 0.3 is 5.97 Å². The molecule has 4 nitrogen and oxygen atoms in total. The van der Waals surface area contributed by atoms with Crippen molar-refractivity contribution in [3.8, 4) is 0 Å². The van der Waals surface area contributed by atoms with Crippen molar-refractivity contribution in [1.82, 2.24) is 5.32 Å². The number of hydrogen-bond donors (Lipinski definition) is 2. The molecule has 2 bridgehead atoms. The van der Waals surface area contributed by atoms with Gasteiger partial charge in [0.25, 0.3) is 0 Å². The van der Waals surface area contributed by atoms with E-state index in [1.165, 1.54) is 6.42 Å². The maximum atomic E-state index is 12.9. The molecule has 2 rings (SSSR count). The first-order valence-corrected chi connectivity index (χ1v) is 9.29. The van der Waals surface area contributed by atoms with Gasteiger partial charge in [0, 0.05) is 12.0 Å². The molecule has 1 fully saturated rings. The van der Waals surface area contributed by atoms with Gasteiger partial charge in [-0.25, -0.2) is 0 Å². The molecule has 2 aliphatic carbocycles. The zero-order chi connectivity index (χ0) is 17.7. The van der Waals surface area contributed by atoms with Crippen molar-refractivity contribution < 1.29 is 14.7 Å². The van der Waals surface area contributed by atoms with Crippen LogP contribution in [0.3, 0.4) is 0 Å². The second-order valence-corrected chi connectivity index (χ2v) is 7.46. The van der Waals surface area contributed by atoms with Crippen molar-refractivity contribution in [2.24, 2.45) is 29.1 Å². The molecule has 0 radical (unpaired) electrons. The Kier molecular flexibility index (Phi) is 6.25. The van der Waals surface area contributed by atoms with Gasteiger partial charge in [-0.05, 0) is 31.1 Å². The average molecular weight is 333 g/mol. The van der Waals surface area contributed by atoms with Crippen LogP contribution in [0.25, 0.3) is 0 Å². The highest BCUT2D eigenvalue weighted by Gasteiger charge is 2.59. The van der Waals surface area contributed by atoms with Gasteiger partial charge in [0.15, 0.2) is 0 Å². The van der Waals surface area contributed by atoms with Gasteiger partial charge < -0.3 is 10.4 Å². The average Bonchev–Trinajstić information content (AvgIpc) is 3.10. The lowest BCUT2D eigenvalue weighted by molar-refractivity contribution is -0.148. The highest BCUT2D eigenvalue weighted by Crippen LogP contribution is 2.58. The number of carboxylic acid groups (broad SMARTS) is 1.